The number of hydrogen-bond donors (Lipinski definition) is 0. The van der Waals surface area contributed by atoms with Crippen LogP contribution in [-0.2, 0) is 32.1 Å². The summed E-state index contributed by atoms with van der Waals surface area (Å²) in [7, 11) is 0. The molecule has 0 N–H and O–H groups in total. The number of aryl methyl sites for hydroxylation is 6. The van der Waals surface area contributed by atoms with Crippen LogP contribution in [0, 0.1) is 13.8 Å². The lowest BCUT2D eigenvalue weighted by molar-refractivity contribution is 0.593. The molecule has 0 unspecified atom stereocenters. The van der Waals surface area contributed by atoms with Gasteiger partial charge in [0.05, 0.1) is 0 Å². The van der Waals surface area contributed by atoms with Crippen molar-refractivity contribution in [2.75, 3.05) is 19.6 Å². The molecule has 0 atom stereocenters. The van der Waals surface area contributed by atoms with Crippen LogP contribution in [0.25, 0.3) is 11.1 Å². The number of unbranched alkanes of at least 4 members (excludes halogenated alkanes) is 10. The van der Waals surface area contributed by atoms with Crippen molar-refractivity contribution in [2.45, 2.75) is 123 Å². The second-order valence-corrected chi connectivity index (χ2v) is 26.0. The summed E-state index contributed by atoms with van der Waals surface area (Å²) in [5.74, 6) is 0. The number of anilines is 12. The van der Waals surface area contributed by atoms with Gasteiger partial charge in [0, 0.05) is 68.2 Å². The van der Waals surface area contributed by atoms with E-state index >= 15 is 0 Å². The minimum absolute atomic E-state index is 1.07. The molecule has 0 bridgehead atoms. The van der Waals surface area contributed by atoms with Gasteiger partial charge < -0.3 is 19.6 Å². The maximum atomic E-state index is 2.57. The summed E-state index contributed by atoms with van der Waals surface area (Å²) < 4.78 is 0. The third-order valence-electron chi connectivity index (χ3n) is 19.3. The van der Waals surface area contributed by atoms with Crippen LogP contribution in [0.1, 0.15) is 122 Å². The molecule has 0 amide bonds. The number of hydrogen-bond acceptors (Lipinski definition) is 4. The maximum absolute atomic E-state index is 2.57. The molecule has 0 saturated heterocycles. The lowest BCUT2D eigenvalue weighted by Crippen LogP contribution is -2.12. The summed E-state index contributed by atoms with van der Waals surface area (Å²) in [5.41, 5.74) is 28.5. The molecule has 0 fully saturated rings. The van der Waals surface area contributed by atoms with Crippen molar-refractivity contribution in [1.82, 2.24) is 0 Å². The van der Waals surface area contributed by atoms with Gasteiger partial charge in [-0.3, -0.25) is 0 Å². The Morgan fingerprint density at radius 2 is 0.411 bits per heavy atom. The molecule has 474 valence electrons. The molecule has 12 aromatic rings. The van der Waals surface area contributed by atoms with Gasteiger partial charge in [-0.2, -0.15) is 0 Å². The number of para-hydroxylation sites is 6. The van der Waals surface area contributed by atoms with E-state index in [0.29, 0.717) is 0 Å². The molecule has 0 radical (unpaired) electrons. The van der Waals surface area contributed by atoms with Gasteiger partial charge in [-0.15, -0.1) is 0 Å². The average Bonchev–Trinajstić information content (AvgIpc) is 1.68. The molecule has 4 nitrogen and oxygen atoms in total. The molecular formula is C91H90N4. The molecule has 0 aromatic heterocycles. The molecular weight excluding hydrogens is 1150 g/mol. The zero-order valence-electron chi connectivity index (χ0n) is 55.7. The predicted molar refractivity (Wildman–Crippen MR) is 406 cm³/mol. The normalized spacial score (nSPS) is 11.5. The maximum Gasteiger partial charge on any atom is 0.0463 e. The van der Waals surface area contributed by atoms with E-state index in [4.69, 9.17) is 0 Å². The summed E-state index contributed by atoms with van der Waals surface area (Å²) in [6.45, 7) is 4.69. The summed E-state index contributed by atoms with van der Waals surface area (Å²) >= 11 is 0. The molecule has 0 heterocycles. The van der Waals surface area contributed by atoms with E-state index in [1.807, 2.05) is 0 Å². The van der Waals surface area contributed by atoms with E-state index in [-0.39, 0.29) is 0 Å². The zero-order valence-corrected chi connectivity index (χ0v) is 55.7. The van der Waals surface area contributed by atoms with Gasteiger partial charge in [0.25, 0.3) is 0 Å². The van der Waals surface area contributed by atoms with Crippen molar-refractivity contribution < 1.29 is 0 Å². The van der Waals surface area contributed by atoms with Crippen LogP contribution in [0.15, 0.2) is 303 Å². The first-order valence-electron chi connectivity index (χ1n) is 35.1. The van der Waals surface area contributed by atoms with Gasteiger partial charge >= 0.3 is 0 Å². The third kappa shape index (κ3) is 15.9. The second kappa shape index (κ2) is 31.6. The third-order valence-corrected chi connectivity index (χ3v) is 19.3. The monoisotopic (exact) mass is 1240 g/mol. The topological polar surface area (TPSA) is 13.0 Å². The van der Waals surface area contributed by atoms with E-state index in [2.05, 4.69) is 337 Å². The van der Waals surface area contributed by atoms with Crippen molar-refractivity contribution in [3.8, 4) is 11.1 Å². The highest BCUT2D eigenvalue weighted by Crippen LogP contribution is 2.43. The first kappa shape index (κ1) is 63.6. The molecule has 0 spiro atoms. The van der Waals surface area contributed by atoms with Crippen LogP contribution in [0.2, 0.25) is 0 Å². The minimum atomic E-state index is 1.07. The van der Waals surface area contributed by atoms with Crippen LogP contribution in [0.5, 0.6) is 0 Å². The van der Waals surface area contributed by atoms with Gasteiger partial charge in [0.1, 0.15) is 0 Å². The Hall–Kier alpha value is -10.2. The van der Waals surface area contributed by atoms with Crippen LogP contribution in [0.4, 0.5) is 68.2 Å². The first-order valence-corrected chi connectivity index (χ1v) is 35.1. The predicted octanol–water partition coefficient (Wildman–Crippen LogP) is 26.0. The fraction of sp³-hybridized carbons (Fsp3) is 0.209. The van der Waals surface area contributed by atoms with E-state index in [9.17, 15) is 0 Å². The SMILES string of the molecule is Cc1cc2c(cc1CCCCCCCCc1ccc(N(c3ccccc3)c3ccc(N(c4ccccc4)c4ccccc4)cc3)cc1)-c1cc(CCCCCCCCc3ccc(N(c4ccccc4)c4ccc(N(c5ccccc5)c5ccccc5)cc4)cc3)c(C)cc1C2. The smallest absolute Gasteiger partial charge is 0.0463 e. The Balaban J connectivity index is 0.536. The highest BCUT2D eigenvalue weighted by atomic mass is 15.2. The number of rotatable bonds is 30. The Bertz CT molecular complexity index is 3950. The molecule has 4 heteroatoms. The van der Waals surface area contributed by atoms with E-state index in [1.165, 1.54) is 146 Å². The molecule has 12 aromatic carbocycles. The first-order chi connectivity index (χ1) is 47.0. The van der Waals surface area contributed by atoms with Crippen LogP contribution >= 0.6 is 0 Å². The Labute approximate surface area is 566 Å². The van der Waals surface area contributed by atoms with Gasteiger partial charge in [0.2, 0.25) is 0 Å². The van der Waals surface area contributed by atoms with Crippen LogP contribution < -0.4 is 19.6 Å². The van der Waals surface area contributed by atoms with Gasteiger partial charge in [-0.05, 0) is 273 Å². The standard InChI is InChI=1S/C91H90N4/c1-70-65-76-67-77-66-71(2)75(36-20-10-6-4-8-18-34-73-51-55-85(56-52-73)95(83-47-31-16-32-48-83)89-63-59-87(60-64-89)93(80-41-25-13-26-42-80)81-43-27-14-28-44-81)69-91(77)90(76)68-74(70)35-19-9-5-3-7-17-33-72-49-53-84(54-50-72)94(82-45-29-15-30-46-82)88-61-57-86(58-62-88)92(78-37-21-11-22-38-78)79-39-23-12-24-40-79/h11-16,21-32,37-66,68-69H,3-10,17-20,33-36,67H2,1-2H3. The van der Waals surface area contributed by atoms with Crippen molar-refractivity contribution >= 4 is 68.2 Å². The molecule has 0 aliphatic heterocycles. The van der Waals surface area contributed by atoms with E-state index < -0.39 is 0 Å². The van der Waals surface area contributed by atoms with Crippen LogP contribution in [-0.4, -0.2) is 0 Å². The summed E-state index contributed by atoms with van der Waals surface area (Å²) in [4.78, 5) is 9.36. The summed E-state index contributed by atoms with van der Waals surface area (Å²) in [5, 5.41) is 0. The number of fused-ring (bicyclic) bond motifs is 3. The Kier molecular flexibility index (Phi) is 21.2. The highest BCUT2D eigenvalue weighted by Gasteiger charge is 2.23. The molecule has 95 heavy (non-hydrogen) atoms. The quantitative estimate of drug-likeness (QED) is 0.0416. The lowest BCUT2D eigenvalue weighted by atomic mass is 9.93. The van der Waals surface area contributed by atoms with Gasteiger partial charge in [-0.25, -0.2) is 0 Å². The van der Waals surface area contributed by atoms with E-state index in [1.54, 1.807) is 11.1 Å². The minimum Gasteiger partial charge on any atom is -0.311 e. The molecule has 1 aliphatic rings. The molecule has 13 rings (SSSR count). The summed E-state index contributed by atoms with van der Waals surface area (Å²) in [6.07, 6.45) is 21.0. The highest BCUT2D eigenvalue weighted by molar-refractivity contribution is 5.84. The largest absolute Gasteiger partial charge is 0.311 e. The second-order valence-electron chi connectivity index (χ2n) is 26.0. The van der Waals surface area contributed by atoms with Crippen molar-refractivity contribution in [3.05, 3.63) is 348 Å². The van der Waals surface area contributed by atoms with Crippen molar-refractivity contribution in [1.29, 1.82) is 0 Å². The lowest BCUT2D eigenvalue weighted by Gasteiger charge is -2.28. The molecule has 1 aliphatic carbocycles. The Morgan fingerprint density at radius 3 is 0.653 bits per heavy atom. The van der Waals surface area contributed by atoms with Crippen molar-refractivity contribution in [2.24, 2.45) is 0 Å². The van der Waals surface area contributed by atoms with Crippen molar-refractivity contribution in [3.63, 3.8) is 0 Å². The fourth-order valence-corrected chi connectivity index (χ4v) is 14.2. The van der Waals surface area contributed by atoms with Crippen LogP contribution in [0.3, 0.4) is 0 Å². The van der Waals surface area contributed by atoms with Gasteiger partial charge in [0.15, 0.2) is 0 Å². The average molecular weight is 1240 g/mol. The number of nitrogens with zero attached hydrogens (tertiary/aromatic N) is 4. The molecule has 0 saturated carbocycles. The zero-order chi connectivity index (χ0) is 64.4. The number of benzene rings is 12. The van der Waals surface area contributed by atoms with E-state index in [0.717, 1.165) is 76.1 Å². The Morgan fingerprint density at radius 1 is 0.211 bits per heavy atom. The van der Waals surface area contributed by atoms with Gasteiger partial charge in [-0.1, -0.05) is 209 Å². The summed E-state index contributed by atoms with van der Waals surface area (Å²) in [6, 6.07) is 111. The fourth-order valence-electron chi connectivity index (χ4n) is 14.2.